The highest BCUT2D eigenvalue weighted by Crippen LogP contribution is 2.43. The molecular formula is C14H20N2O3. The van der Waals surface area contributed by atoms with Crippen molar-refractivity contribution in [2.24, 2.45) is 0 Å². The van der Waals surface area contributed by atoms with Crippen LogP contribution in [0.25, 0.3) is 0 Å². The molecule has 1 aromatic heterocycles. The molecule has 2 rings (SSSR count). The van der Waals surface area contributed by atoms with Crippen LogP contribution in [-0.4, -0.2) is 28.2 Å². The van der Waals surface area contributed by atoms with Crippen molar-refractivity contribution < 1.29 is 14.6 Å². The number of nitrogens with zero attached hydrogens (tertiary/aromatic N) is 2. The van der Waals surface area contributed by atoms with Crippen LogP contribution >= 0.6 is 0 Å². The molecule has 1 N–H and O–H groups in total. The summed E-state index contributed by atoms with van der Waals surface area (Å²) in [6.07, 6.45) is 4.85. The van der Waals surface area contributed by atoms with Gasteiger partial charge < -0.3 is 9.84 Å². The fraction of sp³-hybridized carbons (Fsp3) is 0.643. The average molecular weight is 264 g/mol. The number of hydrogen-bond donors (Lipinski definition) is 1. The van der Waals surface area contributed by atoms with Crippen LogP contribution in [0, 0.1) is 0 Å². The lowest BCUT2D eigenvalue weighted by Crippen LogP contribution is -2.34. The number of rotatable bonds is 4. The lowest BCUT2D eigenvalue weighted by atomic mass is 9.77. The van der Waals surface area contributed by atoms with E-state index in [1.54, 1.807) is 6.20 Å². The third-order valence-corrected chi connectivity index (χ3v) is 3.91. The summed E-state index contributed by atoms with van der Waals surface area (Å²) in [5.74, 6) is -0.621. The number of carboxylic acid groups (broad SMARTS) is 1. The molecule has 0 unspecified atom stereocenters. The van der Waals surface area contributed by atoms with Gasteiger partial charge >= 0.3 is 12.0 Å². The molecule has 5 heteroatoms. The highest BCUT2D eigenvalue weighted by Gasteiger charge is 2.45. The number of aliphatic carboxylic acids is 1. The Balaban J connectivity index is 2.57. The Hall–Kier alpha value is -1.65. The van der Waals surface area contributed by atoms with E-state index >= 15 is 0 Å². The topological polar surface area (TPSA) is 72.3 Å². The maximum absolute atomic E-state index is 11.8. The number of hydrogen-bond acceptors (Lipinski definition) is 4. The summed E-state index contributed by atoms with van der Waals surface area (Å²) in [6.45, 7) is 4.02. The van der Waals surface area contributed by atoms with Gasteiger partial charge in [0.15, 0.2) is 0 Å². The monoisotopic (exact) mass is 264 g/mol. The standard InChI is InChI=1S/C14H20N2O3/c1-9(2)11-10(8-15-13(16-11)19-3)14(12(17)18)6-4-5-7-14/h8-9H,4-7H2,1-3H3,(H,17,18). The molecule has 0 aliphatic heterocycles. The van der Waals surface area contributed by atoms with Gasteiger partial charge in [0, 0.05) is 11.8 Å². The maximum Gasteiger partial charge on any atom is 0.316 e. The third kappa shape index (κ3) is 2.29. The fourth-order valence-electron chi connectivity index (χ4n) is 2.86. The van der Waals surface area contributed by atoms with Gasteiger partial charge in [0.05, 0.1) is 18.2 Å². The van der Waals surface area contributed by atoms with Gasteiger partial charge in [-0.1, -0.05) is 26.7 Å². The smallest absolute Gasteiger partial charge is 0.316 e. The number of carboxylic acids is 1. The predicted molar refractivity (Wildman–Crippen MR) is 70.5 cm³/mol. The van der Waals surface area contributed by atoms with Crippen LogP contribution in [0.2, 0.25) is 0 Å². The molecule has 1 fully saturated rings. The fourth-order valence-corrected chi connectivity index (χ4v) is 2.86. The van der Waals surface area contributed by atoms with E-state index in [9.17, 15) is 9.90 Å². The summed E-state index contributed by atoms with van der Waals surface area (Å²) >= 11 is 0. The Kier molecular flexibility index (Phi) is 3.73. The Labute approximate surface area is 113 Å². The molecule has 0 saturated heterocycles. The molecule has 0 spiro atoms. The van der Waals surface area contributed by atoms with E-state index < -0.39 is 11.4 Å². The zero-order chi connectivity index (χ0) is 14.0. The van der Waals surface area contributed by atoms with Gasteiger partial charge in [0.25, 0.3) is 0 Å². The summed E-state index contributed by atoms with van der Waals surface area (Å²) in [5.41, 5.74) is 0.732. The molecule has 5 nitrogen and oxygen atoms in total. The first-order valence-electron chi connectivity index (χ1n) is 6.66. The van der Waals surface area contributed by atoms with E-state index in [0.717, 1.165) is 24.1 Å². The molecule has 1 aromatic rings. The Bertz CT molecular complexity index is 480. The van der Waals surface area contributed by atoms with Crippen molar-refractivity contribution in [2.45, 2.75) is 50.9 Å². The Morgan fingerprint density at radius 2 is 2.05 bits per heavy atom. The van der Waals surface area contributed by atoms with Gasteiger partial charge in [0.2, 0.25) is 0 Å². The molecule has 0 radical (unpaired) electrons. The average Bonchev–Trinajstić information content (AvgIpc) is 2.88. The van der Waals surface area contributed by atoms with Crippen LogP contribution in [0.1, 0.15) is 56.7 Å². The number of methoxy groups -OCH3 is 1. The lowest BCUT2D eigenvalue weighted by Gasteiger charge is -2.27. The summed E-state index contributed by atoms with van der Waals surface area (Å²) in [7, 11) is 1.52. The van der Waals surface area contributed by atoms with Crippen molar-refractivity contribution in [3.8, 4) is 6.01 Å². The van der Waals surface area contributed by atoms with E-state index in [1.165, 1.54) is 7.11 Å². The van der Waals surface area contributed by atoms with E-state index in [2.05, 4.69) is 9.97 Å². The normalized spacial score (nSPS) is 17.7. The minimum absolute atomic E-state index is 0.142. The molecule has 1 aliphatic carbocycles. The first-order valence-corrected chi connectivity index (χ1v) is 6.66. The summed E-state index contributed by atoms with van der Waals surface area (Å²) in [5, 5.41) is 9.66. The Morgan fingerprint density at radius 1 is 1.42 bits per heavy atom. The van der Waals surface area contributed by atoms with Gasteiger partial charge in [-0.3, -0.25) is 4.79 Å². The molecule has 0 atom stereocenters. The van der Waals surface area contributed by atoms with Gasteiger partial charge in [-0.05, 0) is 18.8 Å². The molecular weight excluding hydrogens is 244 g/mol. The molecule has 104 valence electrons. The van der Waals surface area contributed by atoms with Crippen LogP contribution in [0.3, 0.4) is 0 Å². The van der Waals surface area contributed by atoms with Crippen LogP contribution < -0.4 is 4.74 Å². The maximum atomic E-state index is 11.8. The zero-order valence-electron chi connectivity index (χ0n) is 11.6. The van der Waals surface area contributed by atoms with Crippen molar-refractivity contribution >= 4 is 5.97 Å². The van der Waals surface area contributed by atoms with Crippen molar-refractivity contribution in [3.63, 3.8) is 0 Å². The lowest BCUT2D eigenvalue weighted by molar-refractivity contribution is -0.143. The second kappa shape index (κ2) is 5.15. The molecule has 1 aliphatic rings. The SMILES string of the molecule is COc1ncc(C2(C(=O)O)CCCC2)c(C(C)C)n1. The van der Waals surface area contributed by atoms with Crippen molar-refractivity contribution in [1.82, 2.24) is 9.97 Å². The minimum atomic E-state index is -0.814. The number of ether oxygens (including phenoxy) is 1. The third-order valence-electron chi connectivity index (χ3n) is 3.91. The van der Waals surface area contributed by atoms with Gasteiger partial charge in [0.1, 0.15) is 0 Å². The molecule has 0 bridgehead atoms. The largest absolute Gasteiger partial charge is 0.481 e. The van der Waals surface area contributed by atoms with Crippen LogP contribution in [0.4, 0.5) is 0 Å². The molecule has 1 heterocycles. The molecule has 0 amide bonds. The zero-order valence-corrected chi connectivity index (χ0v) is 11.6. The van der Waals surface area contributed by atoms with Crippen molar-refractivity contribution in [3.05, 3.63) is 17.5 Å². The second-order valence-electron chi connectivity index (χ2n) is 5.40. The van der Waals surface area contributed by atoms with E-state index in [4.69, 9.17) is 4.74 Å². The van der Waals surface area contributed by atoms with Gasteiger partial charge in [-0.2, -0.15) is 4.98 Å². The summed E-state index contributed by atoms with van der Waals surface area (Å²) < 4.78 is 5.05. The van der Waals surface area contributed by atoms with Crippen LogP contribution in [0.5, 0.6) is 6.01 Å². The first-order chi connectivity index (χ1) is 9.01. The quantitative estimate of drug-likeness (QED) is 0.904. The van der Waals surface area contributed by atoms with Gasteiger partial charge in [-0.25, -0.2) is 4.98 Å². The molecule has 0 aromatic carbocycles. The second-order valence-corrected chi connectivity index (χ2v) is 5.40. The van der Waals surface area contributed by atoms with E-state index in [1.807, 2.05) is 13.8 Å². The van der Waals surface area contributed by atoms with Crippen molar-refractivity contribution in [2.75, 3.05) is 7.11 Å². The summed E-state index contributed by atoms with van der Waals surface area (Å²) in [6, 6.07) is 0.297. The summed E-state index contributed by atoms with van der Waals surface area (Å²) in [4.78, 5) is 20.2. The van der Waals surface area contributed by atoms with Crippen LogP contribution in [-0.2, 0) is 10.2 Å². The molecule has 19 heavy (non-hydrogen) atoms. The molecule has 1 saturated carbocycles. The van der Waals surface area contributed by atoms with Gasteiger partial charge in [-0.15, -0.1) is 0 Å². The van der Waals surface area contributed by atoms with E-state index in [-0.39, 0.29) is 5.92 Å². The van der Waals surface area contributed by atoms with Crippen LogP contribution in [0.15, 0.2) is 6.20 Å². The highest BCUT2D eigenvalue weighted by atomic mass is 16.5. The van der Waals surface area contributed by atoms with Crippen molar-refractivity contribution in [1.29, 1.82) is 0 Å². The number of aromatic nitrogens is 2. The Morgan fingerprint density at radius 3 is 2.53 bits per heavy atom. The highest BCUT2D eigenvalue weighted by molar-refractivity contribution is 5.82. The minimum Gasteiger partial charge on any atom is -0.481 e. The first kappa shape index (κ1) is 13.8. The predicted octanol–water partition coefficient (Wildman–Crippen LogP) is 2.51. The number of carbonyl (C=O) groups is 1. The van der Waals surface area contributed by atoms with E-state index in [0.29, 0.717) is 18.9 Å².